The highest BCUT2D eigenvalue weighted by Gasteiger charge is 2.45. The maximum atomic E-state index is 13.3. The number of ether oxygens (including phenoxy) is 3. The molecule has 1 aromatic rings. The smallest absolute Gasteiger partial charge is 0.253 e. The van der Waals surface area contributed by atoms with Crippen LogP contribution in [0.25, 0.3) is 0 Å². The van der Waals surface area contributed by atoms with Crippen LogP contribution in [0.5, 0.6) is 5.75 Å². The number of benzene rings is 1. The molecule has 0 aromatic heterocycles. The Morgan fingerprint density at radius 1 is 1.11 bits per heavy atom. The standard InChI is InChI=1S/C30H48N2O4/c1-21(2)24-7-10-26(11-8-24)32-18-27(19-34-6)36-30(20-32)13-15-31(16-14-30)29(33)25-9-12-28(23(5)17-25)35-22(3)4/h9,12,17,21-22,24,26-27H,7-8,10-11,13-16,18-20H2,1-6H3. The Morgan fingerprint density at radius 3 is 2.39 bits per heavy atom. The van der Waals surface area contributed by atoms with E-state index in [2.05, 4.69) is 18.7 Å². The highest BCUT2D eigenvalue weighted by molar-refractivity contribution is 5.94. The lowest BCUT2D eigenvalue weighted by Gasteiger charge is -2.52. The molecule has 4 rings (SSSR count). The number of methoxy groups -OCH3 is 1. The molecule has 6 nitrogen and oxygen atoms in total. The number of hydrogen-bond donors (Lipinski definition) is 0. The number of rotatable bonds is 7. The van der Waals surface area contributed by atoms with Crippen LogP contribution < -0.4 is 4.74 Å². The van der Waals surface area contributed by atoms with Gasteiger partial charge in [-0.25, -0.2) is 0 Å². The highest BCUT2D eigenvalue weighted by Crippen LogP contribution is 2.38. The molecular weight excluding hydrogens is 452 g/mol. The Hall–Kier alpha value is -1.63. The van der Waals surface area contributed by atoms with E-state index in [0.29, 0.717) is 12.6 Å². The molecular formula is C30H48N2O4. The van der Waals surface area contributed by atoms with Crippen molar-refractivity contribution in [3.05, 3.63) is 29.3 Å². The van der Waals surface area contributed by atoms with Crippen molar-refractivity contribution in [3.63, 3.8) is 0 Å². The third-order valence-electron chi connectivity index (χ3n) is 8.65. The summed E-state index contributed by atoms with van der Waals surface area (Å²) in [5.41, 5.74) is 1.56. The Morgan fingerprint density at radius 2 is 1.81 bits per heavy atom. The molecule has 1 aromatic carbocycles. The van der Waals surface area contributed by atoms with Crippen LogP contribution in [0.2, 0.25) is 0 Å². The zero-order valence-electron chi connectivity index (χ0n) is 23.4. The molecule has 2 aliphatic heterocycles. The Balaban J connectivity index is 1.39. The molecule has 6 heteroatoms. The van der Waals surface area contributed by atoms with Crippen molar-refractivity contribution in [1.29, 1.82) is 0 Å². The summed E-state index contributed by atoms with van der Waals surface area (Å²) in [6, 6.07) is 6.44. The lowest BCUT2D eigenvalue weighted by atomic mass is 9.78. The van der Waals surface area contributed by atoms with Gasteiger partial charge in [0, 0.05) is 44.9 Å². The van der Waals surface area contributed by atoms with Gasteiger partial charge in [0.25, 0.3) is 5.91 Å². The molecule has 1 spiro atoms. The van der Waals surface area contributed by atoms with E-state index in [4.69, 9.17) is 14.2 Å². The second-order valence-electron chi connectivity index (χ2n) is 12.1. The SMILES string of the molecule is COCC1CN(C2CCC(C(C)C)CC2)CC2(CCN(C(=O)c3ccc(OC(C)C)c(C)c3)CC2)O1. The number of aryl methyl sites for hydroxylation is 1. The molecule has 1 unspecified atom stereocenters. The first-order valence-electron chi connectivity index (χ1n) is 14.2. The van der Waals surface area contributed by atoms with Crippen LogP contribution in [0.1, 0.15) is 82.1 Å². The van der Waals surface area contributed by atoms with Gasteiger partial charge in [-0.3, -0.25) is 9.69 Å². The quantitative estimate of drug-likeness (QED) is 0.507. The second kappa shape index (κ2) is 11.8. The Labute approximate surface area is 218 Å². The first-order valence-corrected chi connectivity index (χ1v) is 14.2. The van der Waals surface area contributed by atoms with E-state index in [1.165, 1.54) is 25.7 Å². The van der Waals surface area contributed by atoms with Crippen LogP contribution in [-0.2, 0) is 9.47 Å². The van der Waals surface area contributed by atoms with E-state index in [9.17, 15) is 4.79 Å². The normalized spacial score (nSPS) is 27.1. The maximum Gasteiger partial charge on any atom is 0.253 e. The second-order valence-corrected chi connectivity index (χ2v) is 12.1. The molecule has 0 radical (unpaired) electrons. The van der Waals surface area contributed by atoms with Crippen molar-refractivity contribution in [3.8, 4) is 5.75 Å². The number of hydrogen-bond acceptors (Lipinski definition) is 5. The highest BCUT2D eigenvalue weighted by atomic mass is 16.5. The molecule has 1 amide bonds. The fourth-order valence-corrected chi connectivity index (χ4v) is 6.55. The van der Waals surface area contributed by atoms with E-state index in [-0.39, 0.29) is 23.7 Å². The van der Waals surface area contributed by atoms with E-state index < -0.39 is 0 Å². The fourth-order valence-electron chi connectivity index (χ4n) is 6.55. The number of amides is 1. The van der Waals surface area contributed by atoms with Crippen LogP contribution in [0.4, 0.5) is 0 Å². The van der Waals surface area contributed by atoms with E-state index in [1.54, 1.807) is 7.11 Å². The largest absolute Gasteiger partial charge is 0.491 e. The summed E-state index contributed by atoms with van der Waals surface area (Å²) in [4.78, 5) is 18.0. The summed E-state index contributed by atoms with van der Waals surface area (Å²) in [7, 11) is 1.77. The van der Waals surface area contributed by atoms with Crippen molar-refractivity contribution in [2.45, 2.75) is 97.0 Å². The van der Waals surface area contributed by atoms with Gasteiger partial charge in [0.15, 0.2) is 0 Å². The average molecular weight is 501 g/mol. The minimum absolute atomic E-state index is 0.102. The molecule has 3 aliphatic rings. The minimum atomic E-state index is -0.183. The molecule has 2 saturated heterocycles. The first kappa shape index (κ1) is 27.4. The van der Waals surface area contributed by atoms with Crippen LogP contribution in [0.15, 0.2) is 18.2 Å². The predicted octanol–water partition coefficient (Wildman–Crippen LogP) is 5.32. The van der Waals surface area contributed by atoms with Gasteiger partial charge in [-0.05, 0) is 94.9 Å². The lowest BCUT2D eigenvalue weighted by Crippen LogP contribution is -2.62. The molecule has 1 atom stereocenters. The molecule has 36 heavy (non-hydrogen) atoms. The average Bonchev–Trinajstić information content (AvgIpc) is 2.85. The number of carbonyl (C=O) groups is 1. The summed E-state index contributed by atoms with van der Waals surface area (Å²) < 4.78 is 18.1. The van der Waals surface area contributed by atoms with Crippen LogP contribution in [-0.4, -0.2) is 79.5 Å². The van der Waals surface area contributed by atoms with Gasteiger partial charge in [-0.15, -0.1) is 0 Å². The Bertz CT molecular complexity index is 870. The number of piperidine rings is 1. The Kier molecular flexibility index (Phi) is 9.00. The van der Waals surface area contributed by atoms with Crippen LogP contribution in [0.3, 0.4) is 0 Å². The van der Waals surface area contributed by atoms with Crippen LogP contribution in [0, 0.1) is 18.8 Å². The molecule has 202 valence electrons. The third-order valence-corrected chi connectivity index (χ3v) is 8.65. The summed E-state index contributed by atoms with van der Waals surface area (Å²) >= 11 is 0. The molecule has 1 saturated carbocycles. The number of nitrogens with zero attached hydrogens (tertiary/aromatic N) is 2. The van der Waals surface area contributed by atoms with Crippen molar-refractivity contribution in [2.75, 3.05) is 39.9 Å². The van der Waals surface area contributed by atoms with E-state index >= 15 is 0 Å². The summed E-state index contributed by atoms with van der Waals surface area (Å²) in [5.74, 6) is 2.61. The minimum Gasteiger partial charge on any atom is -0.491 e. The van der Waals surface area contributed by atoms with Crippen molar-refractivity contribution < 1.29 is 19.0 Å². The van der Waals surface area contributed by atoms with Gasteiger partial charge in [0.05, 0.1) is 24.4 Å². The van der Waals surface area contributed by atoms with Crippen molar-refractivity contribution >= 4 is 5.91 Å². The monoisotopic (exact) mass is 500 g/mol. The van der Waals surface area contributed by atoms with Crippen molar-refractivity contribution in [2.24, 2.45) is 11.8 Å². The third kappa shape index (κ3) is 6.43. The van der Waals surface area contributed by atoms with Gasteiger partial charge in [0.2, 0.25) is 0 Å². The summed E-state index contributed by atoms with van der Waals surface area (Å²) in [6.45, 7) is 14.8. The zero-order valence-corrected chi connectivity index (χ0v) is 23.4. The van der Waals surface area contributed by atoms with Gasteiger partial charge < -0.3 is 19.1 Å². The molecule has 1 aliphatic carbocycles. The first-order chi connectivity index (χ1) is 17.2. The van der Waals surface area contributed by atoms with Crippen molar-refractivity contribution in [1.82, 2.24) is 9.80 Å². The molecule has 3 fully saturated rings. The van der Waals surface area contributed by atoms with Gasteiger partial charge in [0.1, 0.15) is 5.75 Å². The van der Waals surface area contributed by atoms with Gasteiger partial charge in [-0.2, -0.15) is 0 Å². The van der Waals surface area contributed by atoms with Gasteiger partial charge in [-0.1, -0.05) is 13.8 Å². The van der Waals surface area contributed by atoms with Gasteiger partial charge >= 0.3 is 0 Å². The summed E-state index contributed by atoms with van der Waals surface area (Å²) in [5, 5.41) is 0. The lowest BCUT2D eigenvalue weighted by molar-refractivity contribution is -0.193. The van der Waals surface area contributed by atoms with Crippen LogP contribution >= 0.6 is 0 Å². The number of carbonyl (C=O) groups excluding carboxylic acids is 1. The number of likely N-dealkylation sites (tertiary alicyclic amines) is 1. The summed E-state index contributed by atoms with van der Waals surface area (Å²) in [6.07, 6.45) is 7.23. The number of morpholine rings is 1. The predicted molar refractivity (Wildman–Crippen MR) is 144 cm³/mol. The van der Waals surface area contributed by atoms with E-state index in [1.807, 2.05) is 43.9 Å². The molecule has 0 bridgehead atoms. The fraction of sp³-hybridized carbons (Fsp3) is 0.767. The molecule has 0 N–H and O–H groups in total. The zero-order chi connectivity index (χ0) is 25.9. The topological polar surface area (TPSA) is 51.2 Å². The van der Waals surface area contributed by atoms with E-state index in [0.717, 1.165) is 67.7 Å². The molecule has 2 heterocycles. The maximum absolute atomic E-state index is 13.3.